The summed E-state index contributed by atoms with van der Waals surface area (Å²) in [5, 5.41) is 8.94. The summed E-state index contributed by atoms with van der Waals surface area (Å²) >= 11 is 0. The van der Waals surface area contributed by atoms with Crippen molar-refractivity contribution in [2.24, 2.45) is 5.90 Å². The van der Waals surface area contributed by atoms with E-state index < -0.39 is 54.7 Å². The second-order valence-electron chi connectivity index (χ2n) is 7.38. The molecule has 1 atom stereocenters. The molecule has 14 heteroatoms. The molecule has 2 heterocycles. The predicted octanol–water partition coefficient (Wildman–Crippen LogP) is 1.51. The number of carbonyl (C=O) groups excluding carboxylic acids is 5. The predicted molar refractivity (Wildman–Crippen MR) is 106 cm³/mol. The molecule has 1 fully saturated rings. The van der Waals surface area contributed by atoms with Crippen molar-refractivity contribution >= 4 is 29.4 Å². The van der Waals surface area contributed by atoms with Gasteiger partial charge in [-0.15, -0.1) is 4.99 Å². The van der Waals surface area contributed by atoms with Crippen LogP contribution in [-0.4, -0.2) is 58.4 Å². The monoisotopic (exact) mass is 489 g/mol. The molecule has 11 nitrogen and oxygen atoms in total. The maximum atomic E-state index is 12.9. The third-order valence-corrected chi connectivity index (χ3v) is 4.98. The van der Waals surface area contributed by atoms with Crippen molar-refractivity contribution in [2.75, 3.05) is 6.61 Å². The molecular weight excluding hydrogens is 467 g/mol. The van der Waals surface area contributed by atoms with Gasteiger partial charge in [0, 0.05) is 19.3 Å². The minimum Gasteiger partial charge on any atom is -0.485 e. The lowest BCUT2D eigenvalue weighted by atomic mass is 10.0. The number of nitrogens with zero attached hydrogens (tertiary/aromatic N) is 1. The zero-order valence-corrected chi connectivity index (χ0v) is 17.7. The van der Waals surface area contributed by atoms with Gasteiger partial charge in [-0.05, 0) is 31.4 Å². The average molecular weight is 489 g/mol. The van der Waals surface area contributed by atoms with Crippen LogP contribution in [0.1, 0.15) is 59.2 Å². The van der Waals surface area contributed by atoms with E-state index >= 15 is 0 Å². The first-order chi connectivity index (χ1) is 16.0. The summed E-state index contributed by atoms with van der Waals surface area (Å²) in [4.78, 5) is 64.5. The summed E-state index contributed by atoms with van der Waals surface area (Å²) in [5.41, 5.74) is -0.0908. The number of unbranched alkanes of at least 4 members (excludes halogenated alkanes) is 1. The molecule has 0 bridgehead atoms. The Morgan fingerprint density at radius 3 is 2.47 bits per heavy atom. The molecule has 0 radical (unpaired) electrons. The van der Waals surface area contributed by atoms with Crippen molar-refractivity contribution in [1.29, 1.82) is 0 Å². The Morgan fingerprint density at radius 2 is 1.85 bits per heavy atom. The number of hydrogen-bond acceptors (Lipinski definition) is 9. The van der Waals surface area contributed by atoms with Crippen LogP contribution in [0.4, 0.5) is 13.2 Å². The average Bonchev–Trinajstić information content (AvgIpc) is 3.01. The number of nitrogens with two attached hydrogens (primary N) is 1. The maximum Gasteiger partial charge on any atom is 0.389 e. The number of nitrogens with one attached hydrogen (secondary N) is 1. The number of hydrogen-bond donors (Lipinski definition) is 3. The number of alkyl halides is 3. The maximum absolute atomic E-state index is 12.9. The lowest BCUT2D eigenvalue weighted by Crippen LogP contribution is -2.54. The number of ether oxygens (including phenoxy) is 1. The van der Waals surface area contributed by atoms with Crippen LogP contribution < -0.4 is 16.0 Å². The standard InChI is InChI=1S/C20H19F3N2O6.H3NO2/c21-20(22,23)9-2-1-4-11(26)10-31-14-6-3-5-12-16(14)19(30)25(18(12)29)13-7-8-15(27)24-17(13)28;1-3-2/h3,5-6,13H,1-2,4,7-10H2,(H,24,27,28);2H,1H2. The molecule has 0 saturated carbocycles. The van der Waals surface area contributed by atoms with Crippen LogP contribution in [0.3, 0.4) is 0 Å². The minimum atomic E-state index is -4.27. The fraction of sp³-hybridized carbons (Fsp3) is 0.450. The van der Waals surface area contributed by atoms with Crippen LogP contribution in [0.15, 0.2) is 18.2 Å². The Kier molecular flexibility index (Phi) is 9.23. The smallest absolute Gasteiger partial charge is 0.389 e. The number of ketones is 1. The fourth-order valence-electron chi connectivity index (χ4n) is 3.48. The van der Waals surface area contributed by atoms with Gasteiger partial charge in [-0.3, -0.25) is 34.2 Å². The second kappa shape index (κ2) is 11.7. The Labute approximate surface area is 190 Å². The van der Waals surface area contributed by atoms with E-state index in [-0.39, 0.29) is 49.0 Å². The highest BCUT2D eigenvalue weighted by Crippen LogP contribution is 2.33. The summed E-state index contributed by atoms with van der Waals surface area (Å²) in [6.07, 6.45) is -5.50. The fourth-order valence-corrected chi connectivity index (χ4v) is 3.48. The molecule has 2 aliphatic rings. The number of imide groups is 2. The molecule has 1 aromatic rings. The molecule has 0 aromatic heterocycles. The van der Waals surface area contributed by atoms with E-state index in [1.54, 1.807) is 0 Å². The van der Waals surface area contributed by atoms with Gasteiger partial charge in [0.25, 0.3) is 11.8 Å². The SMILES string of the molecule is NOO.O=C(CCCCC(F)(F)F)COc1cccc2c1C(=O)N(C1CCC(=O)NC1=O)C2=O. The molecule has 1 unspecified atom stereocenters. The van der Waals surface area contributed by atoms with Crippen LogP contribution in [0, 0.1) is 0 Å². The van der Waals surface area contributed by atoms with Crippen LogP contribution in [0.5, 0.6) is 5.75 Å². The molecule has 4 amide bonds. The van der Waals surface area contributed by atoms with Gasteiger partial charge in [0.2, 0.25) is 11.8 Å². The molecule has 2 aliphatic heterocycles. The van der Waals surface area contributed by atoms with Crippen LogP contribution in [-0.2, 0) is 19.4 Å². The molecule has 34 heavy (non-hydrogen) atoms. The summed E-state index contributed by atoms with van der Waals surface area (Å²) in [6, 6.07) is 3.08. The van der Waals surface area contributed by atoms with Crippen molar-refractivity contribution in [2.45, 2.75) is 50.7 Å². The zero-order valence-electron chi connectivity index (χ0n) is 17.7. The lowest BCUT2D eigenvalue weighted by Gasteiger charge is -2.27. The molecule has 186 valence electrons. The number of carbonyl (C=O) groups is 5. The number of benzene rings is 1. The first kappa shape index (κ1) is 26.9. The number of piperidine rings is 1. The third kappa shape index (κ3) is 6.82. The van der Waals surface area contributed by atoms with E-state index in [2.05, 4.69) is 16.2 Å². The van der Waals surface area contributed by atoms with E-state index in [0.717, 1.165) is 4.90 Å². The highest BCUT2D eigenvalue weighted by molar-refractivity contribution is 6.24. The Balaban J connectivity index is 0.00000129. The third-order valence-electron chi connectivity index (χ3n) is 4.98. The van der Waals surface area contributed by atoms with E-state index in [0.29, 0.717) is 0 Å². The zero-order chi connectivity index (χ0) is 25.5. The Hall–Kier alpha value is -3.36. The van der Waals surface area contributed by atoms with Gasteiger partial charge < -0.3 is 4.74 Å². The summed E-state index contributed by atoms with van der Waals surface area (Å²) in [7, 11) is 0. The minimum absolute atomic E-state index is 0.00272. The molecule has 1 saturated heterocycles. The Bertz CT molecular complexity index is 967. The molecule has 0 aliphatic carbocycles. The van der Waals surface area contributed by atoms with Gasteiger partial charge in [0.05, 0.1) is 11.1 Å². The van der Waals surface area contributed by atoms with Gasteiger partial charge in [-0.25, -0.2) is 5.26 Å². The van der Waals surface area contributed by atoms with Crippen LogP contribution in [0.25, 0.3) is 0 Å². The first-order valence-electron chi connectivity index (χ1n) is 10.1. The van der Waals surface area contributed by atoms with E-state index in [1.807, 2.05) is 0 Å². The van der Waals surface area contributed by atoms with Gasteiger partial charge in [0.1, 0.15) is 18.4 Å². The largest absolute Gasteiger partial charge is 0.485 e. The molecular formula is C20H22F3N3O8. The van der Waals surface area contributed by atoms with Crippen molar-refractivity contribution in [3.63, 3.8) is 0 Å². The first-order valence-corrected chi connectivity index (χ1v) is 10.1. The lowest BCUT2D eigenvalue weighted by molar-refractivity contribution is -0.247. The van der Waals surface area contributed by atoms with Gasteiger partial charge in [-0.1, -0.05) is 6.07 Å². The van der Waals surface area contributed by atoms with E-state index in [1.165, 1.54) is 18.2 Å². The van der Waals surface area contributed by atoms with Gasteiger partial charge >= 0.3 is 6.18 Å². The second-order valence-corrected chi connectivity index (χ2v) is 7.38. The number of amides is 4. The molecule has 4 N–H and O–H groups in total. The highest BCUT2D eigenvalue weighted by Gasteiger charge is 2.46. The number of Topliss-reactive ketones (excluding diaryl/α,β-unsaturated/α-hetero) is 1. The molecule has 3 rings (SSSR count). The summed E-state index contributed by atoms with van der Waals surface area (Å²) in [6.45, 7) is -0.470. The molecule has 1 aromatic carbocycles. The summed E-state index contributed by atoms with van der Waals surface area (Å²) in [5.74, 6) is 0.701. The van der Waals surface area contributed by atoms with Crippen LogP contribution >= 0.6 is 0 Å². The van der Waals surface area contributed by atoms with Crippen molar-refractivity contribution in [3.05, 3.63) is 29.3 Å². The number of rotatable bonds is 8. The van der Waals surface area contributed by atoms with E-state index in [9.17, 15) is 37.1 Å². The van der Waals surface area contributed by atoms with Crippen molar-refractivity contribution < 1.29 is 52.1 Å². The number of fused-ring (bicyclic) bond motifs is 1. The normalized spacial score (nSPS) is 17.7. The Morgan fingerprint density at radius 1 is 1.18 bits per heavy atom. The highest BCUT2D eigenvalue weighted by atomic mass is 19.4. The molecule has 0 spiro atoms. The van der Waals surface area contributed by atoms with Crippen molar-refractivity contribution in [3.8, 4) is 5.75 Å². The van der Waals surface area contributed by atoms with Gasteiger partial charge in [0.15, 0.2) is 5.78 Å². The topological polar surface area (TPSA) is 165 Å². The van der Waals surface area contributed by atoms with Crippen molar-refractivity contribution in [1.82, 2.24) is 10.2 Å². The number of halogens is 3. The summed E-state index contributed by atoms with van der Waals surface area (Å²) < 4.78 is 41.8. The van der Waals surface area contributed by atoms with Gasteiger partial charge in [-0.2, -0.15) is 19.1 Å². The quantitative estimate of drug-likeness (QED) is 0.212. The van der Waals surface area contributed by atoms with E-state index in [4.69, 9.17) is 9.99 Å². The van der Waals surface area contributed by atoms with Crippen LogP contribution in [0.2, 0.25) is 0 Å².